The van der Waals surface area contributed by atoms with Crippen molar-refractivity contribution in [2.24, 2.45) is 0 Å². The van der Waals surface area contributed by atoms with Crippen LogP contribution in [0.2, 0.25) is 0 Å². The molecule has 0 aliphatic heterocycles. The molecule has 0 saturated carbocycles. The molecule has 2 aromatic heterocycles. The lowest BCUT2D eigenvalue weighted by atomic mass is 9.73. The fourth-order valence-corrected chi connectivity index (χ4v) is 4.54. The van der Waals surface area contributed by atoms with Crippen molar-refractivity contribution in [2.45, 2.75) is 31.6 Å². The molecule has 0 bridgehead atoms. The lowest BCUT2D eigenvalue weighted by Crippen LogP contribution is -2.25. The molecule has 5 rings (SSSR count). The first-order valence-electron chi connectivity index (χ1n) is 10.1. The molecule has 0 N–H and O–H groups in total. The summed E-state index contributed by atoms with van der Waals surface area (Å²) in [5, 5.41) is 0.605. The number of nitrogens with zero attached hydrogens (tertiary/aromatic N) is 2. The summed E-state index contributed by atoms with van der Waals surface area (Å²) in [7, 11) is 1.65. The van der Waals surface area contributed by atoms with E-state index in [0.29, 0.717) is 34.9 Å². The second kappa shape index (κ2) is 7.41. The average Bonchev–Trinajstić information content (AvgIpc) is 2.78. The Morgan fingerprint density at radius 2 is 1.73 bits per heavy atom. The van der Waals surface area contributed by atoms with Crippen molar-refractivity contribution in [1.82, 2.24) is 9.97 Å². The van der Waals surface area contributed by atoms with Gasteiger partial charge in [-0.25, -0.2) is 4.98 Å². The number of rotatable bonds is 3. The number of methoxy groups -OCH3 is 1. The van der Waals surface area contributed by atoms with E-state index in [-0.39, 0.29) is 17.3 Å². The highest BCUT2D eigenvalue weighted by Gasteiger charge is 2.35. The second-order valence-corrected chi connectivity index (χ2v) is 7.75. The van der Waals surface area contributed by atoms with Gasteiger partial charge >= 0.3 is 0 Å². The largest absolute Gasteiger partial charge is 0.481 e. The van der Waals surface area contributed by atoms with E-state index in [1.54, 1.807) is 19.2 Å². The fraction of sp³-hybridized carbons (Fsp3) is 0.240. The topological polar surface area (TPSA) is 65.2 Å². The third-order valence-corrected chi connectivity index (χ3v) is 5.93. The van der Waals surface area contributed by atoms with Crippen LogP contribution >= 0.6 is 0 Å². The van der Waals surface area contributed by atoms with E-state index in [0.717, 1.165) is 17.7 Å². The summed E-state index contributed by atoms with van der Waals surface area (Å²) >= 11 is 0. The molecule has 5 heteroatoms. The van der Waals surface area contributed by atoms with E-state index in [1.165, 1.54) is 5.56 Å². The van der Waals surface area contributed by atoms with E-state index >= 15 is 0 Å². The molecular formula is C25H22N2O3. The summed E-state index contributed by atoms with van der Waals surface area (Å²) in [6.07, 6.45) is 1.39. The predicted octanol–water partition coefficient (Wildman–Crippen LogP) is 4.57. The molecule has 1 aliphatic rings. The number of fused-ring (bicyclic) bond motifs is 2. The van der Waals surface area contributed by atoms with E-state index in [4.69, 9.17) is 14.1 Å². The predicted molar refractivity (Wildman–Crippen MR) is 115 cm³/mol. The normalized spacial score (nSPS) is 18.2. The zero-order valence-corrected chi connectivity index (χ0v) is 17.0. The van der Waals surface area contributed by atoms with Crippen LogP contribution in [0, 0.1) is 6.92 Å². The Bertz CT molecular complexity index is 1280. The summed E-state index contributed by atoms with van der Waals surface area (Å²) in [6.45, 7) is 1.87. The van der Waals surface area contributed by atoms with Gasteiger partial charge in [0.25, 0.3) is 0 Å². The zero-order chi connectivity index (χ0) is 20.7. The monoisotopic (exact) mass is 398 g/mol. The van der Waals surface area contributed by atoms with Crippen LogP contribution in [0.1, 0.15) is 40.2 Å². The Balaban J connectivity index is 1.69. The molecule has 30 heavy (non-hydrogen) atoms. The molecule has 2 heterocycles. The van der Waals surface area contributed by atoms with Crippen LogP contribution < -0.4 is 10.2 Å². The number of aromatic nitrogens is 2. The summed E-state index contributed by atoms with van der Waals surface area (Å²) in [6, 6.07) is 19.4. The van der Waals surface area contributed by atoms with Gasteiger partial charge in [0.05, 0.1) is 18.2 Å². The van der Waals surface area contributed by atoms with Crippen molar-refractivity contribution < 1.29 is 9.15 Å². The molecule has 0 spiro atoms. The Labute approximate surface area is 174 Å². The van der Waals surface area contributed by atoms with Crippen molar-refractivity contribution in [2.75, 3.05) is 7.11 Å². The van der Waals surface area contributed by atoms with Crippen molar-refractivity contribution in [3.63, 3.8) is 0 Å². The van der Waals surface area contributed by atoms with Crippen LogP contribution in [0.15, 0.2) is 69.9 Å². The van der Waals surface area contributed by atoms with E-state index in [9.17, 15) is 4.79 Å². The number of benzene rings is 2. The highest BCUT2D eigenvalue weighted by Crippen LogP contribution is 2.44. The maximum absolute atomic E-state index is 12.8. The smallest absolute Gasteiger partial charge is 0.219 e. The highest BCUT2D eigenvalue weighted by atomic mass is 16.5. The quantitative estimate of drug-likeness (QED) is 0.506. The van der Waals surface area contributed by atoms with E-state index in [1.807, 2.05) is 43.3 Å². The van der Waals surface area contributed by atoms with Crippen LogP contribution in [-0.2, 0) is 12.8 Å². The van der Waals surface area contributed by atoms with Gasteiger partial charge < -0.3 is 9.15 Å². The van der Waals surface area contributed by atoms with Crippen LogP contribution in [0.25, 0.3) is 11.0 Å². The number of aryl methyl sites for hydroxylation is 1. The first kappa shape index (κ1) is 18.6. The van der Waals surface area contributed by atoms with Crippen LogP contribution in [-0.4, -0.2) is 17.1 Å². The lowest BCUT2D eigenvalue weighted by Gasteiger charge is -2.33. The molecule has 0 fully saturated rings. The minimum absolute atomic E-state index is 0.00351. The van der Waals surface area contributed by atoms with Crippen LogP contribution in [0.5, 0.6) is 5.88 Å². The second-order valence-electron chi connectivity index (χ2n) is 7.75. The van der Waals surface area contributed by atoms with Crippen LogP contribution in [0.4, 0.5) is 0 Å². The van der Waals surface area contributed by atoms with Gasteiger partial charge in [0.1, 0.15) is 17.2 Å². The summed E-state index contributed by atoms with van der Waals surface area (Å²) in [5.41, 5.74) is 3.81. The Morgan fingerprint density at radius 3 is 2.53 bits per heavy atom. The van der Waals surface area contributed by atoms with Gasteiger partial charge in [-0.15, -0.1) is 0 Å². The first-order valence-corrected chi connectivity index (χ1v) is 10.1. The molecule has 5 nitrogen and oxygen atoms in total. The van der Waals surface area contributed by atoms with Crippen molar-refractivity contribution in [3.05, 3.63) is 99.3 Å². The number of hydrogen-bond donors (Lipinski definition) is 0. The molecule has 2 aromatic carbocycles. The van der Waals surface area contributed by atoms with Gasteiger partial charge in [-0.2, -0.15) is 4.98 Å². The zero-order valence-electron chi connectivity index (χ0n) is 17.0. The third kappa shape index (κ3) is 3.16. The molecule has 0 amide bonds. The number of hydrogen-bond acceptors (Lipinski definition) is 5. The minimum atomic E-state index is -0.0130. The number of ether oxygens (including phenoxy) is 1. The molecule has 1 aliphatic carbocycles. The van der Waals surface area contributed by atoms with Gasteiger partial charge in [0.15, 0.2) is 5.43 Å². The lowest BCUT2D eigenvalue weighted by molar-refractivity contribution is 0.364. The molecule has 150 valence electrons. The van der Waals surface area contributed by atoms with Gasteiger partial charge in [0, 0.05) is 24.0 Å². The molecule has 2 unspecified atom stereocenters. The summed E-state index contributed by atoms with van der Waals surface area (Å²) in [4.78, 5) is 22.0. The molecular weight excluding hydrogens is 376 g/mol. The standard InChI is InChI=1S/C25H22N2O3/c1-15-26-21-13-19(24-14-22(28)17-10-6-7-11-23(17)30-24)18(16-8-4-3-5-9-16)12-20(21)25(27-15)29-2/h3-11,14,18-19H,12-13H2,1-2H3. The van der Waals surface area contributed by atoms with Crippen molar-refractivity contribution in [1.29, 1.82) is 0 Å². The summed E-state index contributed by atoms with van der Waals surface area (Å²) < 4.78 is 11.8. The van der Waals surface area contributed by atoms with Gasteiger partial charge in [-0.05, 0) is 37.0 Å². The SMILES string of the molecule is COc1nc(C)nc2c1CC(c1ccccc1)C(c1cc(=O)c3ccccc3o1)C2. The maximum Gasteiger partial charge on any atom is 0.219 e. The maximum atomic E-state index is 12.8. The minimum Gasteiger partial charge on any atom is -0.481 e. The van der Waals surface area contributed by atoms with E-state index in [2.05, 4.69) is 17.1 Å². The Kier molecular flexibility index (Phi) is 4.58. The Morgan fingerprint density at radius 1 is 0.967 bits per heavy atom. The van der Waals surface area contributed by atoms with Crippen molar-refractivity contribution in [3.8, 4) is 5.88 Å². The molecule has 2 atom stereocenters. The van der Waals surface area contributed by atoms with E-state index < -0.39 is 0 Å². The summed E-state index contributed by atoms with van der Waals surface area (Å²) in [5.74, 6) is 2.15. The van der Waals surface area contributed by atoms with Gasteiger partial charge in [0.2, 0.25) is 5.88 Å². The fourth-order valence-electron chi connectivity index (χ4n) is 4.54. The Hall–Kier alpha value is -3.47. The van der Waals surface area contributed by atoms with Gasteiger partial charge in [-0.1, -0.05) is 42.5 Å². The third-order valence-electron chi connectivity index (χ3n) is 5.93. The van der Waals surface area contributed by atoms with Gasteiger partial charge in [-0.3, -0.25) is 4.79 Å². The highest BCUT2D eigenvalue weighted by molar-refractivity contribution is 5.76. The molecule has 4 aromatic rings. The van der Waals surface area contributed by atoms with Crippen LogP contribution in [0.3, 0.4) is 0 Å². The molecule has 0 saturated heterocycles. The first-order chi connectivity index (χ1) is 14.6. The molecule has 0 radical (unpaired) electrons. The van der Waals surface area contributed by atoms with Crippen molar-refractivity contribution >= 4 is 11.0 Å². The number of para-hydroxylation sites is 1. The average molecular weight is 398 g/mol.